The van der Waals surface area contributed by atoms with Gasteiger partial charge in [-0.3, -0.25) is 9.79 Å². The standard InChI is InChI=1S/C17H17N3O/c1-2-20-14-11-7-6-10-13(14)15(19-16(18)17(20)21)12-8-4-3-5-9-12/h3-11,16H,2,18H2,1H3. The molecule has 106 valence electrons. The lowest BCUT2D eigenvalue weighted by Gasteiger charge is -2.22. The Hall–Kier alpha value is -2.46. The Balaban J connectivity index is 2.24. The summed E-state index contributed by atoms with van der Waals surface area (Å²) in [6, 6.07) is 17.6. The van der Waals surface area contributed by atoms with Gasteiger partial charge in [-0.15, -0.1) is 0 Å². The van der Waals surface area contributed by atoms with Crippen LogP contribution < -0.4 is 10.6 Å². The van der Waals surface area contributed by atoms with Crippen LogP contribution in [0.3, 0.4) is 0 Å². The normalized spacial score (nSPS) is 18.0. The van der Waals surface area contributed by atoms with Crippen molar-refractivity contribution in [2.24, 2.45) is 10.7 Å². The first-order valence-corrected chi connectivity index (χ1v) is 7.02. The van der Waals surface area contributed by atoms with Crippen molar-refractivity contribution >= 4 is 17.3 Å². The number of carbonyl (C=O) groups is 1. The monoisotopic (exact) mass is 279 g/mol. The van der Waals surface area contributed by atoms with Crippen molar-refractivity contribution in [3.05, 3.63) is 65.7 Å². The topological polar surface area (TPSA) is 58.7 Å². The first-order valence-electron chi connectivity index (χ1n) is 7.02. The molecule has 21 heavy (non-hydrogen) atoms. The van der Waals surface area contributed by atoms with Gasteiger partial charge in [-0.25, -0.2) is 0 Å². The fourth-order valence-corrected chi connectivity index (χ4v) is 2.60. The average molecular weight is 279 g/mol. The van der Waals surface area contributed by atoms with Gasteiger partial charge >= 0.3 is 0 Å². The van der Waals surface area contributed by atoms with Crippen molar-refractivity contribution in [3.8, 4) is 0 Å². The summed E-state index contributed by atoms with van der Waals surface area (Å²) in [6.45, 7) is 2.51. The molecule has 4 nitrogen and oxygen atoms in total. The van der Waals surface area contributed by atoms with Crippen LogP contribution in [0.4, 0.5) is 5.69 Å². The maximum Gasteiger partial charge on any atom is 0.266 e. The molecule has 4 heteroatoms. The molecule has 0 aliphatic carbocycles. The Morgan fingerprint density at radius 3 is 2.48 bits per heavy atom. The van der Waals surface area contributed by atoms with Gasteiger partial charge in [-0.2, -0.15) is 0 Å². The predicted molar refractivity (Wildman–Crippen MR) is 84.5 cm³/mol. The van der Waals surface area contributed by atoms with E-state index >= 15 is 0 Å². The first kappa shape index (κ1) is 13.5. The zero-order valence-corrected chi connectivity index (χ0v) is 11.9. The van der Waals surface area contributed by atoms with Crippen molar-refractivity contribution in [3.63, 3.8) is 0 Å². The maximum absolute atomic E-state index is 12.4. The minimum atomic E-state index is -0.868. The van der Waals surface area contributed by atoms with E-state index in [-0.39, 0.29) is 5.91 Å². The van der Waals surface area contributed by atoms with Gasteiger partial charge < -0.3 is 10.6 Å². The molecular formula is C17H17N3O. The number of carbonyl (C=O) groups excluding carboxylic acids is 1. The molecule has 3 rings (SSSR count). The minimum absolute atomic E-state index is 0.170. The molecule has 0 saturated carbocycles. The lowest BCUT2D eigenvalue weighted by atomic mass is 10.0. The second kappa shape index (κ2) is 5.50. The third-order valence-electron chi connectivity index (χ3n) is 3.60. The summed E-state index contributed by atoms with van der Waals surface area (Å²) in [5, 5.41) is 0. The number of para-hydroxylation sites is 1. The summed E-state index contributed by atoms with van der Waals surface area (Å²) in [7, 11) is 0. The van der Waals surface area contributed by atoms with Crippen LogP contribution in [0.25, 0.3) is 0 Å². The number of rotatable bonds is 2. The zero-order valence-electron chi connectivity index (χ0n) is 11.9. The van der Waals surface area contributed by atoms with Gasteiger partial charge in [0.15, 0.2) is 6.17 Å². The number of anilines is 1. The van der Waals surface area contributed by atoms with E-state index < -0.39 is 6.17 Å². The van der Waals surface area contributed by atoms with E-state index in [0.29, 0.717) is 6.54 Å². The molecule has 1 amide bonds. The zero-order chi connectivity index (χ0) is 14.8. The Kier molecular flexibility index (Phi) is 3.54. The van der Waals surface area contributed by atoms with E-state index in [9.17, 15) is 4.79 Å². The molecule has 1 heterocycles. The molecule has 0 fully saturated rings. The molecule has 0 aromatic heterocycles. The summed E-state index contributed by atoms with van der Waals surface area (Å²) in [5.41, 5.74) is 9.50. The molecule has 2 aromatic carbocycles. The molecule has 2 N–H and O–H groups in total. The quantitative estimate of drug-likeness (QED) is 0.916. The molecule has 1 aliphatic rings. The Bertz CT molecular complexity index is 694. The molecular weight excluding hydrogens is 262 g/mol. The summed E-state index contributed by atoms with van der Waals surface area (Å²) in [4.78, 5) is 18.6. The molecule has 2 aromatic rings. The van der Waals surface area contributed by atoms with Gasteiger partial charge in [-0.1, -0.05) is 48.5 Å². The number of aliphatic imine (C=N–C) groups is 1. The number of benzene rings is 2. The number of nitrogens with zero attached hydrogens (tertiary/aromatic N) is 2. The smallest absolute Gasteiger partial charge is 0.266 e. The fourth-order valence-electron chi connectivity index (χ4n) is 2.60. The van der Waals surface area contributed by atoms with Crippen molar-refractivity contribution in [2.75, 3.05) is 11.4 Å². The minimum Gasteiger partial charge on any atom is -0.309 e. The van der Waals surface area contributed by atoms with Crippen molar-refractivity contribution < 1.29 is 4.79 Å². The fraction of sp³-hybridized carbons (Fsp3) is 0.176. The van der Waals surface area contributed by atoms with E-state index in [4.69, 9.17) is 5.73 Å². The SMILES string of the molecule is CCN1C(=O)C(N)N=C(c2ccccc2)c2ccccc21. The van der Waals surface area contributed by atoms with Crippen LogP contribution in [0.15, 0.2) is 59.6 Å². The summed E-state index contributed by atoms with van der Waals surface area (Å²) >= 11 is 0. The van der Waals surface area contributed by atoms with Crippen LogP contribution in [0, 0.1) is 0 Å². The van der Waals surface area contributed by atoms with Gasteiger partial charge in [0, 0.05) is 17.7 Å². The van der Waals surface area contributed by atoms with Gasteiger partial charge in [0.25, 0.3) is 5.91 Å². The highest BCUT2D eigenvalue weighted by Gasteiger charge is 2.28. The van der Waals surface area contributed by atoms with Crippen LogP contribution in [-0.4, -0.2) is 24.3 Å². The Labute approximate surface area is 123 Å². The predicted octanol–water partition coefficient (Wildman–Crippen LogP) is 2.18. The highest BCUT2D eigenvalue weighted by Crippen LogP contribution is 2.27. The van der Waals surface area contributed by atoms with Crippen LogP contribution in [0.5, 0.6) is 0 Å². The second-order valence-electron chi connectivity index (χ2n) is 4.89. The lowest BCUT2D eigenvalue weighted by molar-refractivity contribution is -0.119. The second-order valence-corrected chi connectivity index (χ2v) is 4.89. The highest BCUT2D eigenvalue weighted by atomic mass is 16.2. The highest BCUT2D eigenvalue weighted by molar-refractivity contribution is 6.20. The number of hydrogen-bond donors (Lipinski definition) is 1. The number of nitrogens with two attached hydrogens (primary N) is 1. The number of hydrogen-bond acceptors (Lipinski definition) is 3. The van der Waals surface area contributed by atoms with Crippen LogP contribution >= 0.6 is 0 Å². The summed E-state index contributed by atoms with van der Waals surface area (Å²) in [5.74, 6) is -0.170. The lowest BCUT2D eigenvalue weighted by Crippen LogP contribution is -2.42. The van der Waals surface area contributed by atoms with Crippen LogP contribution in [0.1, 0.15) is 18.1 Å². The third-order valence-corrected chi connectivity index (χ3v) is 3.60. The molecule has 1 aliphatic heterocycles. The molecule has 0 saturated heterocycles. The maximum atomic E-state index is 12.4. The Morgan fingerprint density at radius 2 is 1.76 bits per heavy atom. The van der Waals surface area contributed by atoms with Gasteiger partial charge in [0.1, 0.15) is 0 Å². The van der Waals surface area contributed by atoms with E-state index in [1.54, 1.807) is 4.90 Å². The molecule has 1 unspecified atom stereocenters. The summed E-state index contributed by atoms with van der Waals surface area (Å²) in [6.07, 6.45) is -0.868. The van der Waals surface area contributed by atoms with Crippen molar-refractivity contribution in [2.45, 2.75) is 13.1 Å². The van der Waals surface area contributed by atoms with E-state index in [2.05, 4.69) is 4.99 Å². The van der Waals surface area contributed by atoms with E-state index in [0.717, 1.165) is 22.5 Å². The first-order chi connectivity index (χ1) is 10.2. The average Bonchev–Trinajstić information content (AvgIpc) is 2.64. The van der Waals surface area contributed by atoms with Gasteiger partial charge in [0.2, 0.25) is 0 Å². The van der Waals surface area contributed by atoms with Crippen LogP contribution in [-0.2, 0) is 4.79 Å². The summed E-state index contributed by atoms with van der Waals surface area (Å²) < 4.78 is 0. The van der Waals surface area contributed by atoms with Crippen LogP contribution in [0.2, 0.25) is 0 Å². The van der Waals surface area contributed by atoms with Crippen molar-refractivity contribution in [1.29, 1.82) is 0 Å². The number of amides is 1. The van der Waals surface area contributed by atoms with Gasteiger partial charge in [0.05, 0.1) is 11.4 Å². The largest absolute Gasteiger partial charge is 0.309 e. The molecule has 0 spiro atoms. The molecule has 0 bridgehead atoms. The van der Waals surface area contributed by atoms with Gasteiger partial charge in [-0.05, 0) is 13.0 Å². The molecule has 0 radical (unpaired) electrons. The van der Waals surface area contributed by atoms with Crippen molar-refractivity contribution in [1.82, 2.24) is 0 Å². The van der Waals surface area contributed by atoms with E-state index in [1.165, 1.54) is 0 Å². The Morgan fingerprint density at radius 1 is 1.10 bits per heavy atom. The number of benzodiazepines with no additional fused rings is 1. The third kappa shape index (κ3) is 2.34. The number of likely N-dealkylation sites (N-methyl/N-ethyl adjacent to an activating group) is 1. The van der Waals surface area contributed by atoms with E-state index in [1.807, 2.05) is 61.5 Å². The number of fused-ring (bicyclic) bond motifs is 1. The molecule has 1 atom stereocenters.